The normalized spacial score (nSPS) is 18.1. The smallest absolute Gasteiger partial charge is 0.159 e. The van der Waals surface area contributed by atoms with Gasteiger partial charge in [0.1, 0.15) is 17.1 Å². The highest BCUT2D eigenvalue weighted by Crippen LogP contribution is 2.30. The van der Waals surface area contributed by atoms with E-state index in [1.165, 1.54) is 5.56 Å². The first-order valence-electron chi connectivity index (χ1n) is 8.96. The number of aryl methyl sites for hydroxylation is 1. The lowest BCUT2D eigenvalue weighted by Crippen LogP contribution is -2.21. The molecule has 1 aliphatic rings. The second-order valence-electron chi connectivity index (χ2n) is 6.64. The summed E-state index contributed by atoms with van der Waals surface area (Å²) in [4.78, 5) is 11.8. The van der Waals surface area contributed by atoms with Crippen LogP contribution in [-0.2, 0) is 13.6 Å². The highest BCUT2D eigenvalue weighted by molar-refractivity contribution is 5.71. The fraction of sp³-hybridized carbons (Fsp3) is 0.400. The van der Waals surface area contributed by atoms with Crippen molar-refractivity contribution in [2.45, 2.75) is 25.8 Å². The molecule has 0 radical (unpaired) electrons. The Hall–Kier alpha value is -2.40. The molecule has 0 spiro atoms. The van der Waals surface area contributed by atoms with Gasteiger partial charge in [0.2, 0.25) is 0 Å². The third-order valence-electron chi connectivity index (χ3n) is 4.97. The number of nitrogens with zero attached hydrogens (tertiary/aromatic N) is 4. The summed E-state index contributed by atoms with van der Waals surface area (Å²) in [6.07, 6.45) is 2.97. The Morgan fingerprint density at radius 3 is 2.92 bits per heavy atom. The zero-order valence-electron chi connectivity index (χ0n) is 14.9. The van der Waals surface area contributed by atoms with Crippen LogP contribution in [0.3, 0.4) is 0 Å². The van der Waals surface area contributed by atoms with Gasteiger partial charge in [0.05, 0.1) is 6.61 Å². The topological polar surface area (TPSA) is 43.2 Å². The molecule has 0 bridgehead atoms. The Morgan fingerprint density at radius 2 is 2.08 bits per heavy atom. The Bertz CT molecular complexity index is 873. The lowest BCUT2D eigenvalue weighted by atomic mass is 10.1. The van der Waals surface area contributed by atoms with Gasteiger partial charge in [-0.1, -0.05) is 18.2 Å². The molecule has 1 aromatic carbocycles. The minimum atomic E-state index is 0.457. The summed E-state index contributed by atoms with van der Waals surface area (Å²) in [5.41, 5.74) is 3.22. The maximum atomic E-state index is 5.77. The van der Waals surface area contributed by atoms with Crippen LogP contribution in [0.25, 0.3) is 11.2 Å². The summed E-state index contributed by atoms with van der Waals surface area (Å²) in [5.74, 6) is 2.60. The van der Waals surface area contributed by atoms with Gasteiger partial charge in [0, 0.05) is 37.8 Å². The highest BCUT2D eigenvalue weighted by Gasteiger charge is 2.28. The minimum Gasteiger partial charge on any atom is -0.494 e. The predicted molar refractivity (Wildman–Crippen MR) is 98.8 cm³/mol. The maximum absolute atomic E-state index is 5.77. The van der Waals surface area contributed by atoms with Crippen LogP contribution in [0, 0.1) is 0 Å². The fourth-order valence-electron chi connectivity index (χ4n) is 3.76. The van der Waals surface area contributed by atoms with Gasteiger partial charge in [-0.3, -0.25) is 4.90 Å². The Morgan fingerprint density at radius 1 is 1.20 bits per heavy atom. The number of aromatic nitrogens is 3. The number of para-hydroxylation sites is 1. The molecule has 1 saturated heterocycles. The van der Waals surface area contributed by atoms with Crippen molar-refractivity contribution in [3.05, 3.63) is 54.0 Å². The van der Waals surface area contributed by atoms with Crippen LogP contribution in [0.1, 0.15) is 30.7 Å². The minimum absolute atomic E-state index is 0.457. The number of hydrogen-bond donors (Lipinski definition) is 0. The fourth-order valence-corrected chi connectivity index (χ4v) is 3.76. The molecule has 130 valence electrons. The Labute approximate surface area is 148 Å². The molecule has 4 rings (SSSR count). The quantitative estimate of drug-likeness (QED) is 0.716. The van der Waals surface area contributed by atoms with E-state index in [1.54, 1.807) is 0 Å². The molecule has 0 N–H and O–H groups in total. The molecule has 3 heterocycles. The van der Waals surface area contributed by atoms with Gasteiger partial charge in [0.25, 0.3) is 0 Å². The molecular formula is C20H24N4O. The molecular weight excluding hydrogens is 312 g/mol. The summed E-state index contributed by atoms with van der Waals surface area (Å²) < 4.78 is 7.92. The van der Waals surface area contributed by atoms with Crippen molar-refractivity contribution in [2.75, 3.05) is 19.7 Å². The molecule has 0 aliphatic carbocycles. The molecule has 5 nitrogen and oxygen atoms in total. The monoisotopic (exact) mass is 336 g/mol. The summed E-state index contributed by atoms with van der Waals surface area (Å²) in [5, 5.41) is 0. The number of imidazole rings is 1. The van der Waals surface area contributed by atoms with E-state index in [0.29, 0.717) is 12.5 Å². The highest BCUT2D eigenvalue weighted by atomic mass is 16.5. The second kappa shape index (κ2) is 6.84. The number of benzene rings is 1. The van der Waals surface area contributed by atoms with Crippen LogP contribution in [-0.4, -0.2) is 39.1 Å². The van der Waals surface area contributed by atoms with Crippen LogP contribution in [0.2, 0.25) is 0 Å². The van der Waals surface area contributed by atoms with Crippen molar-refractivity contribution in [3.8, 4) is 5.75 Å². The average Bonchev–Trinajstić information content (AvgIpc) is 3.22. The van der Waals surface area contributed by atoms with Crippen LogP contribution in [0.15, 0.2) is 42.6 Å². The van der Waals surface area contributed by atoms with Gasteiger partial charge in [-0.05, 0) is 38.1 Å². The van der Waals surface area contributed by atoms with Gasteiger partial charge in [-0.15, -0.1) is 0 Å². The molecule has 1 aliphatic heterocycles. The molecule has 5 heteroatoms. The van der Waals surface area contributed by atoms with Crippen molar-refractivity contribution < 1.29 is 4.74 Å². The van der Waals surface area contributed by atoms with Crippen LogP contribution in [0.4, 0.5) is 0 Å². The van der Waals surface area contributed by atoms with E-state index in [9.17, 15) is 0 Å². The lowest BCUT2D eigenvalue weighted by Gasteiger charge is -2.18. The average molecular weight is 336 g/mol. The second-order valence-corrected chi connectivity index (χ2v) is 6.64. The molecule has 2 aromatic heterocycles. The molecule has 0 amide bonds. The van der Waals surface area contributed by atoms with Gasteiger partial charge in [-0.2, -0.15) is 0 Å². The number of pyridine rings is 1. The lowest BCUT2D eigenvalue weighted by molar-refractivity contribution is 0.301. The van der Waals surface area contributed by atoms with E-state index in [4.69, 9.17) is 9.72 Å². The van der Waals surface area contributed by atoms with E-state index in [2.05, 4.69) is 39.7 Å². The van der Waals surface area contributed by atoms with Crippen LogP contribution >= 0.6 is 0 Å². The van der Waals surface area contributed by atoms with E-state index >= 15 is 0 Å². The van der Waals surface area contributed by atoms with Crippen LogP contribution in [0.5, 0.6) is 5.75 Å². The number of rotatable bonds is 5. The van der Waals surface area contributed by atoms with E-state index in [0.717, 1.165) is 48.8 Å². The standard InChI is InChI=1S/C20H24N4O/c1-3-25-18-9-5-4-7-15(18)13-24-12-10-16(14-24)19-22-17-8-6-11-21-20(17)23(19)2/h4-9,11,16H,3,10,12-14H2,1-2H3. The zero-order valence-corrected chi connectivity index (χ0v) is 14.9. The van der Waals surface area contributed by atoms with E-state index in [-0.39, 0.29) is 0 Å². The first-order valence-corrected chi connectivity index (χ1v) is 8.96. The first-order chi connectivity index (χ1) is 12.3. The number of likely N-dealkylation sites (tertiary alicyclic amines) is 1. The van der Waals surface area contributed by atoms with Crippen molar-refractivity contribution in [1.82, 2.24) is 19.4 Å². The van der Waals surface area contributed by atoms with Gasteiger partial charge in [-0.25, -0.2) is 9.97 Å². The van der Waals surface area contributed by atoms with Gasteiger partial charge < -0.3 is 9.30 Å². The third kappa shape index (κ3) is 3.12. The largest absolute Gasteiger partial charge is 0.494 e. The third-order valence-corrected chi connectivity index (χ3v) is 4.97. The Balaban J connectivity index is 1.51. The Kier molecular flexibility index (Phi) is 4.40. The SMILES string of the molecule is CCOc1ccccc1CN1CCC(c2nc3cccnc3n2C)C1. The first kappa shape index (κ1) is 16.1. The summed E-state index contributed by atoms with van der Waals surface area (Å²) in [6, 6.07) is 12.3. The molecule has 1 unspecified atom stereocenters. The molecule has 0 saturated carbocycles. The summed E-state index contributed by atoms with van der Waals surface area (Å²) >= 11 is 0. The molecule has 25 heavy (non-hydrogen) atoms. The summed E-state index contributed by atoms with van der Waals surface area (Å²) in [7, 11) is 2.07. The van der Waals surface area contributed by atoms with Crippen molar-refractivity contribution >= 4 is 11.2 Å². The van der Waals surface area contributed by atoms with E-state index in [1.807, 2.05) is 31.3 Å². The zero-order chi connectivity index (χ0) is 17.2. The number of fused-ring (bicyclic) bond motifs is 1. The number of hydrogen-bond acceptors (Lipinski definition) is 4. The number of ether oxygens (including phenoxy) is 1. The molecule has 1 fully saturated rings. The molecule has 3 aromatic rings. The van der Waals surface area contributed by atoms with Gasteiger partial charge >= 0.3 is 0 Å². The maximum Gasteiger partial charge on any atom is 0.159 e. The molecule has 1 atom stereocenters. The van der Waals surface area contributed by atoms with E-state index < -0.39 is 0 Å². The summed E-state index contributed by atoms with van der Waals surface area (Å²) in [6.45, 7) is 5.77. The van der Waals surface area contributed by atoms with Gasteiger partial charge in [0.15, 0.2) is 5.65 Å². The predicted octanol–water partition coefficient (Wildman–Crippen LogP) is 3.36. The van der Waals surface area contributed by atoms with Crippen LogP contribution < -0.4 is 4.74 Å². The van der Waals surface area contributed by atoms with Crippen molar-refractivity contribution in [3.63, 3.8) is 0 Å². The van der Waals surface area contributed by atoms with Crippen molar-refractivity contribution in [2.24, 2.45) is 7.05 Å². The van der Waals surface area contributed by atoms with Crippen molar-refractivity contribution in [1.29, 1.82) is 0 Å².